The molecule has 2 rings (SSSR count). The number of hydrogen-bond acceptors (Lipinski definition) is 4. The minimum Gasteiger partial charge on any atom is -0.399 e. The molecule has 0 bridgehead atoms. The molecule has 0 saturated heterocycles. The zero-order chi connectivity index (χ0) is 14.9. The number of rotatable bonds is 4. The molecule has 7 heteroatoms. The third-order valence-electron chi connectivity index (χ3n) is 3.09. The highest BCUT2D eigenvalue weighted by Crippen LogP contribution is 2.24. The van der Waals surface area contributed by atoms with Gasteiger partial charge in [-0.3, -0.25) is 4.31 Å². The lowest BCUT2D eigenvalue weighted by atomic mass is 10.3. The molecule has 0 aliphatic rings. The maximum Gasteiger partial charge on any atom is 0.283 e. The Kier molecular flexibility index (Phi) is 3.71. The highest BCUT2D eigenvalue weighted by atomic mass is 32.2. The van der Waals surface area contributed by atoms with E-state index in [9.17, 15) is 8.42 Å². The van der Waals surface area contributed by atoms with Gasteiger partial charge in [-0.2, -0.15) is 8.42 Å². The molecule has 0 saturated carbocycles. The van der Waals surface area contributed by atoms with Crippen molar-refractivity contribution in [1.82, 2.24) is 9.55 Å². The number of aryl methyl sites for hydroxylation is 2. The smallest absolute Gasteiger partial charge is 0.283 e. The molecule has 0 aliphatic heterocycles. The molecule has 1 aromatic carbocycles. The standard InChI is InChI=1S/C13H18N4O2S/c1-4-17(12-7-5-6-11(14)8-12)20(18,19)13-9-16(3)10(2)15-13/h5-9H,4,14H2,1-3H3. The van der Waals surface area contributed by atoms with Crippen LogP contribution in [0, 0.1) is 6.92 Å². The third-order valence-corrected chi connectivity index (χ3v) is 4.86. The van der Waals surface area contributed by atoms with Gasteiger partial charge in [0.05, 0.1) is 5.69 Å². The molecule has 0 fully saturated rings. The number of hydrogen-bond donors (Lipinski definition) is 1. The van der Waals surface area contributed by atoms with Gasteiger partial charge in [0.1, 0.15) is 5.82 Å². The molecule has 0 aliphatic carbocycles. The summed E-state index contributed by atoms with van der Waals surface area (Å²) >= 11 is 0. The fourth-order valence-corrected chi connectivity index (χ4v) is 3.43. The van der Waals surface area contributed by atoms with E-state index < -0.39 is 10.0 Å². The Hall–Kier alpha value is -2.02. The Bertz CT molecular complexity index is 702. The number of nitrogen functional groups attached to an aromatic ring is 1. The number of nitrogens with zero attached hydrogens (tertiary/aromatic N) is 3. The molecule has 0 radical (unpaired) electrons. The van der Waals surface area contributed by atoms with Gasteiger partial charge in [0.2, 0.25) is 0 Å². The third kappa shape index (κ3) is 2.49. The van der Waals surface area contributed by atoms with Gasteiger partial charge in [-0.25, -0.2) is 4.98 Å². The van der Waals surface area contributed by atoms with Crippen LogP contribution in [-0.2, 0) is 17.1 Å². The molecule has 0 spiro atoms. The van der Waals surface area contributed by atoms with Crippen molar-refractivity contribution in [3.05, 3.63) is 36.3 Å². The largest absolute Gasteiger partial charge is 0.399 e. The lowest BCUT2D eigenvalue weighted by molar-refractivity contribution is 0.588. The first-order chi connectivity index (χ1) is 9.36. The number of sulfonamides is 1. The predicted molar refractivity (Wildman–Crippen MR) is 79.0 cm³/mol. The van der Waals surface area contributed by atoms with Gasteiger partial charge in [0.15, 0.2) is 5.03 Å². The van der Waals surface area contributed by atoms with Crippen LogP contribution < -0.4 is 10.0 Å². The van der Waals surface area contributed by atoms with Crippen molar-refractivity contribution in [2.24, 2.45) is 7.05 Å². The van der Waals surface area contributed by atoms with E-state index in [1.165, 1.54) is 10.5 Å². The van der Waals surface area contributed by atoms with E-state index in [-0.39, 0.29) is 5.03 Å². The lowest BCUT2D eigenvalue weighted by Gasteiger charge is -2.21. The topological polar surface area (TPSA) is 81.2 Å². The average Bonchev–Trinajstić information content (AvgIpc) is 2.71. The molecule has 1 aromatic heterocycles. The summed E-state index contributed by atoms with van der Waals surface area (Å²) in [4.78, 5) is 4.10. The van der Waals surface area contributed by atoms with Crippen LogP contribution in [-0.4, -0.2) is 24.5 Å². The number of anilines is 2. The van der Waals surface area contributed by atoms with Crippen LogP contribution in [0.4, 0.5) is 11.4 Å². The van der Waals surface area contributed by atoms with Gasteiger partial charge in [0, 0.05) is 25.5 Å². The number of benzene rings is 1. The fraction of sp³-hybridized carbons (Fsp3) is 0.308. The van der Waals surface area contributed by atoms with Crippen molar-refractivity contribution in [2.75, 3.05) is 16.6 Å². The van der Waals surface area contributed by atoms with Crippen LogP contribution in [0.3, 0.4) is 0 Å². The molecular formula is C13H18N4O2S. The summed E-state index contributed by atoms with van der Waals surface area (Å²) in [6.45, 7) is 3.84. The molecule has 108 valence electrons. The molecule has 2 N–H and O–H groups in total. The second kappa shape index (κ2) is 5.16. The van der Waals surface area contributed by atoms with E-state index >= 15 is 0 Å². The van der Waals surface area contributed by atoms with Crippen molar-refractivity contribution in [3.8, 4) is 0 Å². The Morgan fingerprint density at radius 1 is 1.40 bits per heavy atom. The molecule has 0 amide bonds. The highest BCUT2D eigenvalue weighted by Gasteiger charge is 2.26. The first-order valence-electron chi connectivity index (χ1n) is 6.24. The summed E-state index contributed by atoms with van der Waals surface area (Å²) in [6.07, 6.45) is 1.51. The van der Waals surface area contributed by atoms with Crippen LogP contribution in [0.15, 0.2) is 35.5 Å². The van der Waals surface area contributed by atoms with Crippen LogP contribution in [0.25, 0.3) is 0 Å². The minimum atomic E-state index is -3.68. The summed E-state index contributed by atoms with van der Waals surface area (Å²) in [5, 5.41) is 0.0433. The van der Waals surface area contributed by atoms with Gasteiger partial charge in [-0.1, -0.05) is 6.07 Å². The number of aromatic nitrogens is 2. The average molecular weight is 294 g/mol. The Morgan fingerprint density at radius 3 is 2.60 bits per heavy atom. The van der Waals surface area contributed by atoms with E-state index in [0.717, 1.165) is 0 Å². The summed E-state index contributed by atoms with van der Waals surface area (Å²) in [5.74, 6) is 0.646. The van der Waals surface area contributed by atoms with Crippen molar-refractivity contribution in [2.45, 2.75) is 18.9 Å². The molecule has 1 heterocycles. The molecule has 2 aromatic rings. The SMILES string of the molecule is CCN(c1cccc(N)c1)S(=O)(=O)c1cn(C)c(C)n1. The highest BCUT2D eigenvalue weighted by molar-refractivity contribution is 7.92. The molecule has 0 atom stereocenters. The van der Waals surface area contributed by atoms with Crippen LogP contribution in [0.5, 0.6) is 0 Å². The molecule has 20 heavy (non-hydrogen) atoms. The molecule has 0 unspecified atom stereocenters. The van der Waals surface area contributed by atoms with Crippen LogP contribution in [0.1, 0.15) is 12.7 Å². The Balaban J connectivity index is 2.50. The zero-order valence-corrected chi connectivity index (χ0v) is 12.6. The predicted octanol–water partition coefficient (Wildman–Crippen LogP) is 1.53. The normalized spacial score (nSPS) is 11.6. The van der Waals surface area contributed by atoms with E-state index in [2.05, 4.69) is 4.98 Å². The lowest BCUT2D eigenvalue weighted by Crippen LogP contribution is -2.31. The van der Waals surface area contributed by atoms with Gasteiger partial charge in [-0.05, 0) is 32.0 Å². The summed E-state index contributed by atoms with van der Waals surface area (Å²) in [6, 6.07) is 6.80. The van der Waals surface area contributed by atoms with Crippen molar-refractivity contribution >= 4 is 21.4 Å². The second-order valence-corrected chi connectivity index (χ2v) is 6.31. The number of nitrogens with two attached hydrogens (primary N) is 1. The number of imidazole rings is 1. The van der Waals surface area contributed by atoms with E-state index in [0.29, 0.717) is 23.7 Å². The van der Waals surface area contributed by atoms with Gasteiger partial charge in [-0.15, -0.1) is 0 Å². The van der Waals surface area contributed by atoms with Crippen LogP contribution in [0.2, 0.25) is 0 Å². The zero-order valence-electron chi connectivity index (χ0n) is 11.7. The Labute approximate surface area is 118 Å². The van der Waals surface area contributed by atoms with E-state index in [1.54, 1.807) is 49.7 Å². The summed E-state index contributed by atoms with van der Waals surface area (Å²) < 4.78 is 28.3. The quantitative estimate of drug-likeness (QED) is 0.867. The van der Waals surface area contributed by atoms with Crippen LogP contribution >= 0.6 is 0 Å². The molecule has 6 nitrogen and oxygen atoms in total. The van der Waals surface area contributed by atoms with Gasteiger partial charge in [0.25, 0.3) is 10.0 Å². The maximum atomic E-state index is 12.6. The minimum absolute atomic E-state index is 0.0433. The van der Waals surface area contributed by atoms with E-state index in [4.69, 9.17) is 5.73 Å². The summed E-state index contributed by atoms with van der Waals surface area (Å²) in [7, 11) is -1.91. The summed E-state index contributed by atoms with van der Waals surface area (Å²) in [5.41, 5.74) is 6.78. The fourth-order valence-electron chi connectivity index (χ4n) is 1.93. The van der Waals surface area contributed by atoms with Crippen molar-refractivity contribution in [1.29, 1.82) is 0 Å². The Morgan fingerprint density at radius 2 is 2.10 bits per heavy atom. The first-order valence-corrected chi connectivity index (χ1v) is 7.68. The van der Waals surface area contributed by atoms with Gasteiger partial charge < -0.3 is 10.3 Å². The maximum absolute atomic E-state index is 12.6. The molecular weight excluding hydrogens is 276 g/mol. The van der Waals surface area contributed by atoms with Crippen molar-refractivity contribution < 1.29 is 8.42 Å². The van der Waals surface area contributed by atoms with Crippen molar-refractivity contribution in [3.63, 3.8) is 0 Å². The monoisotopic (exact) mass is 294 g/mol. The van der Waals surface area contributed by atoms with E-state index in [1.807, 2.05) is 0 Å². The second-order valence-electron chi connectivity index (χ2n) is 4.50. The first kappa shape index (κ1) is 14.4. The van der Waals surface area contributed by atoms with Gasteiger partial charge >= 0.3 is 0 Å².